The summed E-state index contributed by atoms with van der Waals surface area (Å²) in [7, 11) is 0. The molecular weight excluding hydrogens is 632 g/mol. The fourth-order valence-corrected chi connectivity index (χ4v) is 6.99. The second-order valence-corrected chi connectivity index (χ2v) is 14.9. The number of rotatable bonds is 34. The molecule has 1 aliphatic carbocycles. The average Bonchev–Trinajstić information content (AvgIpc) is 3.37. The Morgan fingerprint density at radius 3 is 1.74 bits per heavy atom. The molecule has 50 heavy (non-hydrogen) atoms. The van der Waals surface area contributed by atoms with Crippen molar-refractivity contribution in [1.29, 1.82) is 0 Å². The normalized spacial score (nSPS) is 18.9. The zero-order valence-electron chi connectivity index (χ0n) is 32.1. The number of ketones is 1. The van der Waals surface area contributed by atoms with E-state index in [4.69, 9.17) is 9.47 Å². The van der Waals surface area contributed by atoms with Gasteiger partial charge in [-0.05, 0) is 31.6 Å². The zero-order valence-corrected chi connectivity index (χ0v) is 32.1. The number of hydrogen-bond donors (Lipinski definition) is 3. The number of unbranched alkanes of at least 4 members (excludes halogenated alkanes) is 20. The summed E-state index contributed by atoms with van der Waals surface area (Å²) >= 11 is 0. The maximum Gasteiger partial charge on any atom is 0.306 e. The van der Waals surface area contributed by atoms with Crippen molar-refractivity contribution in [3.63, 3.8) is 0 Å². The van der Waals surface area contributed by atoms with Gasteiger partial charge in [0.2, 0.25) is 0 Å². The van der Waals surface area contributed by atoms with Gasteiger partial charge in [0.1, 0.15) is 12.4 Å². The number of ether oxygens (including phenoxy) is 2. The summed E-state index contributed by atoms with van der Waals surface area (Å²) in [4.78, 5) is 36.9. The minimum Gasteiger partial charge on any atom is -0.462 e. The molecule has 1 aliphatic rings. The maximum atomic E-state index is 12.4. The van der Waals surface area contributed by atoms with Crippen molar-refractivity contribution in [1.82, 2.24) is 0 Å². The van der Waals surface area contributed by atoms with Gasteiger partial charge < -0.3 is 24.8 Å². The van der Waals surface area contributed by atoms with E-state index in [2.05, 4.69) is 13.8 Å². The molecule has 1 fully saturated rings. The van der Waals surface area contributed by atoms with Crippen LogP contribution in [0.2, 0.25) is 0 Å². The fraction of sp³-hybridized carbons (Fsp3) is 0.881. The highest BCUT2D eigenvalue weighted by atomic mass is 16.6. The molecule has 1 rings (SSSR count). The van der Waals surface area contributed by atoms with Crippen LogP contribution in [0.15, 0.2) is 12.2 Å². The lowest BCUT2D eigenvalue weighted by molar-refractivity contribution is -0.161. The van der Waals surface area contributed by atoms with Crippen LogP contribution >= 0.6 is 0 Å². The monoisotopic (exact) mass is 709 g/mol. The van der Waals surface area contributed by atoms with Crippen molar-refractivity contribution in [2.45, 2.75) is 212 Å². The molecule has 0 bridgehead atoms. The molecule has 0 amide bonds. The topological polar surface area (TPSA) is 130 Å². The Hall–Kier alpha value is -1.77. The Kier molecular flexibility index (Phi) is 29.5. The Labute approximate surface area is 305 Å². The van der Waals surface area contributed by atoms with Gasteiger partial charge in [-0.3, -0.25) is 14.4 Å². The number of allylic oxidation sites excluding steroid dienone is 1. The Morgan fingerprint density at radius 2 is 1.20 bits per heavy atom. The molecular formula is C42H76O8. The molecule has 0 aliphatic heterocycles. The summed E-state index contributed by atoms with van der Waals surface area (Å²) in [5, 5.41) is 30.2. The summed E-state index contributed by atoms with van der Waals surface area (Å²) in [6, 6.07) is 0. The molecule has 0 radical (unpaired) electrons. The van der Waals surface area contributed by atoms with Crippen LogP contribution in [0.25, 0.3) is 0 Å². The van der Waals surface area contributed by atoms with Crippen LogP contribution < -0.4 is 0 Å². The standard InChI is InChI=1S/C42H76O8/c1-3-5-7-8-9-10-11-12-13-14-15-16-17-18-19-24-28-41(47)49-34-36(33-43)50-42(48)29-25-21-20-23-27-37-38(40(46)32-39(37)45)31-30-35(44)26-22-6-4-2/h30-31,35-39,43-45H,3-29,32-34H2,1-2H3/b31-30+/t35-,36-,37+,38+,39-/m0/s1. The lowest BCUT2D eigenvalue weighted by atomic mass is 9.88. The number of aliphatic hydroxyl groups excluding tert-OH is 3. The third-order valence-electron chi connectivity index (χ3n) is 10.2. The Bertz CT molecular complexity index is 874. The summed E-state index contributed by atoms with van der Waals surface area (Å²) in [6.45, 7) is 3.85. The van der Waals surface area contributed by atoms with E-state index in [-0.39, 0.29) is 43.0 Å². The maximum absolute atomic E-state index is 12.4. The van der Waals surface area contributed by atoms with Crippen molar-refractivity contribution in [2.24, 2.45) is 11.8 Å². The minimum absolute atomic E-state index is 0.0339. The largest absolute Gasteiger partial charge is 0.462 e. The highest BCUT2D eigenvalue weighted by Gasteiger charge is 2.39. The van der Waals surface area contributed by atoms with Gasteiger partial charge in [-0.15, -0.1) is 0 Å². The molecule has 5 atom stereocenters. The molecule has 8 nitrogen and oxygen atoms in total. The third-order valence-corrected chi connectivity index (χ3v) is 10.2. The first-order chi connectivity index (χ1) is 24.3. The molecule has 8 heteroatoms. The van der Waals surface area contributed by atoms with E-state index in [1.54, 1.807) is 12.2 Å². The molecule has 0 saturated heterocycles. The quantitative estimate of drug-likeness (QED) is 0.0342. The molecule has 0 heterocycles. The molecule has 0 aromatic rings. The molecule has 0 aromatic heterocycles. The van der Waals surface area contributed by atoms with Gasteiger partial charge in [0.25, 0.3) is 0 Å². The van der Waals surface area contributed by atoms with E-state index in [1.807, 2.05) is 0 Å². The van der Waals surface area contributed by atoms with Gasteiger partial charge in [-0.25, -0.2) is 0 Å². The van der Waals surface area contributed by atoms with Crippen LogP contribution in [0.3, 0.4) is 0 Å². The molecule has 3 N–H and O–H groups in total. The first-order valence-electron chi connectivity index (χ1n) is 20.8. The van der Waals surface area contributed by atoms with Gasteiger partial charge in [0, 0.05) is 25.2 Å². The van der Waals surface area contributed by atoms with E-state index < -0.39 is 30.9 Å². The second kappa shape index (κ2) is 31.9. The van der Waals surface area contributed by atoms with Crippen LogP contribution in [-0.4, -0.2) is 64.6 Å². The number of esters is 2. The van der Waals surface area contributed by atoms with Gasteiger partial charge in [-0.1, -0.05) is 161 Å². The van der Waals surface area contributed by atoms with Crippen LogP contribution in [0.1, 0.15) is 194 Å². The first kappa shape index (κ1) is 46.3. The second-order valence-electron chi connectivity index (χ2n) is 14.9. The van der Waals surface area contributed by atoms with Crippen molar-refractivity contribution >= 4 is 17.7 Å². The minimum atomic E-state index is -0.853. The van der Waals surface area contributed by atoms with E-state index in [9.17, 15) is 29.7 Å². The Balaban J connectivity index is 2.05. The van der Waals surface area contributed by atoms with Crippen molar-refractivity contribution in [2.75, 3.05) is 13.2 Å². The number of hydrogen-bond acceptors (Lipinski definition) is 8. The van der Waals surface area contributed by atoms with Gasteiger partial charge in [-0.2, -0.15) is 0 Å². The van der Waals surface area contributed by atoms with Crippen molar-refractivity contribution in [3.8, 4) is 0 Å². The van der Waals surface area contributed by atoms with Crippen molar-refractivity contribution in [3.05, 3.63) is 12.2 Å². The van der Waals surface area contributed by atoms with E-state index >= 15 is 0 Å². The summed E-state index contributed by atoms with van der Waals surface area (Å²) in [5.74, 6) is -1.19. The van der Waals surface area contributed by atoms with Gasteiger partial charge in [0.15, 0.2) is 6.10 Å². The number of aliphatic hydroxyl groups is 3. The SMILES string of the molecule is CCCCCCCCCCCCCCCCCCC(=O)OC[C@H](CO)OC(=O)CCCCCC[C@H]1[C@@H](O)CC(=O)[C@@H]1/C=C/[C@@H](O)CCCCC. The highest BCUT2D eigenvalue weighted by molar-refractivity contribution is 5.86. The zero-order chi connectivity index (χ0) is 36.7. The number of carbonyl (C=O) groups excluding carboxylic acids is 3. The lowest BCUT2D eigenvalue weighted by Gasteiger charge is -2.19. The van der Waals surface area contributed by atoms with Crippen LogP contribution in [-0.2, 0) is 23.9 Å². The van der Waals surface area contributed by atoms with Crippen molar-refractivity contribution < 1.29 is 39.2 Å². The average molecular weight is 709 g/mol. The first-order valence-corrected chi connectivity index (χ1v) is 20.8. The predicted molar refractivity (Wildman–Crippen MR) is 202 cm³/mol. The van der Waals surface area contributed by atoms with E-state index in [1.165, 1.54) is 83.5 Å². The summed E-state index contributed by atoms with van der Waals surface area (Å²) in [5.41, 5.74) is 0. The molecule has 292 valence electrons. The van der Waals surface area contributed by atoms with Gasteiger partial charge >= 0.3 is 11.9 Å². The highest BCUT2D eigenvalue weighted by Crippen LogP contribution is 2.34. The van der Waals surface area contributed by atoms with E-state index in [0.717, 1.165) is 64.2 Å². The number of Topliss-reactive ketones (excluding diaryl/α,β-unsaturated/α-hetero) is 1. The van der Waals surface area contributed by atoms with Crippen LogP contribution in [0, 0.1) is 11.8 Å². The summed E-state index contributed by atoms with van der Waals surface area (Å²) < 4.78 is 10.6. The van der Waals surface area contributed by atoms with Gasteiger partial charge in [0.05, 0.1) is 18.8 Å². The summed E-state index contributed by atoms with van der Waals surface area (Å²) in [6.07, 6.45) is 30.3. The third kappa shape index (κ3) is 24.4. The fourth-order valence-electron chi connectivity index (χ4n) is 6.99. The molecule has 0 aromatic carbocycles. The Morgan fingerprint density at radius 1 is 0.720 bits per heavy atom. The number of carbonyl (C=O) groups is 3. The molecule has 1 saturated carbocycles. The van der Waals surface area contributed by atoms with E-state index in [0.29, 0.717) is 19.3 Å². The lowest BCUT2D eigenvalue weighted by Crippen LogP contribution is -2.28. The van der Waals surface area contributed by atoms with Crippen LogP contribution in [0.5, 0.6) is 0 Å². The smallest absolute Gasteiger partial charge is 0.306 e. The predicted octanol–water partition coefficient (Wildman–Crippen LogP) is 9.49. The molecule has 0 unspecified atom stereocenters. The molecule has 0 spiro atoms. The van der Waals surface area contributed by atoms with Crippen LogP contribution in [0.4, 0.5) is 0 Å².